The Labute approximate surface area is 108 Å². The van der Waals surface area contributed by atoms with Crippen LogP contribution in [0, 0.1) is 0 Å². The summed E-state index contributed by atoms with van der Waals surface area (Å²) in [6.07, 6.45) is 3.31. The minimum atomic E-state index is 0.647. The third-order valence-electron chi connectivity index (χ3n) is 3.28. The van der Waals surface area contributed by atoms with Crippen LogP contribution in [0.15, 0.2) is 54.6 Å². The van der Waals surface area contributed by atoms with E-state index in [9.17, 15) is 0 Å². The Hall–Kier alpha value is -2.02. The quantitative estimate of drug-likeness (QED) is 0.712. The van der Waals surface area contributed by atoms with Crippen LogP contribution in [0.2, 0.25) is 0 Å². The Kier molecular flexibility index (Phi) is 2.89. The molecule has 2 aromatic carbocycles. The summed E-state index contributed by atoms with van der Waals surface area (Å²) in [5.74, 6) is 0.980. The van der Waals surface area contributed by atoms with Gasteiger partial charge in [0.15, 0.2) is 0 Å². The van der Waals surface area contributed by atoms with Crippen LogP contribution in [-0.2, 0) is 6.61 Å². The van der Waals surface area contributed by atoms with Gasteiger partial charge in [-0.25, -0.2) is 0 Å². The van der Waals surface area contributed by atoms with E-state index in [0.29, 0.717) is 6.61 Å². The Morgan fingerprint density at radius 2 is 1.72 bits per heavy atom. The largest absolute Gasteiger partial charge is 0.488 e. The van der Waals surface area contributed by atoms with Gasteiger partial charge in [0, 0.05) is 5.56 Å². The topological polar surface area (TPSA) is 9.23 Å². The summed E-state index contributed by atoms with van der Waals surface area (Å²) in [5, 5.41) is 0. The number of hydrogen-bond acceptors (Lipinski definition) is 1. The van der Waals surface area contributed by atoms with Gasteiger partial charge in [0.2, 0.25) is 0 Å². The normalized spacial score (nSPS) is 15.5. The second kappa shape index (κ2) is 4.69. The molecule has 0 fully saturated rings. The van der Waals surface area contributed by atoms with E-state index < -0.39 is 0 Å². The maximum absolute atomic E-state index is 5.91. The van der Waals surface area contributed by atoms with Crippen molar-refractivity contribution in [1.29, 1.82) is 0 Å². The molecular formula is C17H16O. The van der Waals surface area contributed by atoms with Crippen molar-refractivity contribution in [1.82, 2.24) is 0 Å². The molecular weight excluding hydrogens is 220 g/mol. The standard InChI is InChI=1S/C17H16O/c1-2-7-15-14-9-4-3-8-13(14)12-18-17-11-6-5-10-16(15)17/h3-11H,2,12H2,1H3/b15-7-. The highest BCUT2D eigenvalue weighted by Gasteiger charge is 2.17. The maximum atomic E-state index is 5.91. The zero-order valence-electron chi connectivity index (χ0n) is 10.5. The number of fused-ring (bicyclic) bond motifs is 2. The number of hydrogen-bond donors (Lipinski definition) is 0. The second-order valence-corrected chi connectivity index (χ2v) is 4.47. The third kappa shape index (κ3) is 1.82. The van der Waals surface area contributed by atoms with Crippen LogP contribution in [-0.4, -0.2) is 0 Å². The lowest BCUT2D eigenvalue weighted by Crippen LogP contribution is -1.94. The molecule has 0 radical (unpaired) electrons. The van der Waals surface area contributed by atoms with Crippen molar-refractivity contribution in [2.45, 2.75) is 20.0 Å². The van der Waals surface area contributed by atoms with Gasteiger partial charge in [0.05, 0.1) is 0 Å². The molecule has 0 aliphatic carbocycles. The smallest absolute Gasteiger partial charge is 0.127 e. The number of para-hydroxylation sites is 1. The predicted octanol–water partition coefficient (Wildman–Crippen LogP) is 4.42. The first-order valence-electron chi connectivity index (χ1n) is 6.41. The van der Waals surface area contributed by atoms with Crippen LogP contribution in [0.1, 0.15) is 30.0 Å². The van der Waals surface area contributed by atoms with Gasteiger partial charge in [-0.1, -0.05) is 55.5 Å². The summed E-state index contributed by atoms with van der Waals surface area (Å²) in [6.45, 7) is 2.82. The zero-order valence-corrected chi connectivity index (χ0v) is 10.5. The number of rotatable bonds is 1. The first-order valence-corrected chi connectivity index (χ1v) is 6.41. The molecule has 0 saturated carbocycles. The van der Waals surface area contributed by atoms with Crippen molar-refractivity contribution >= 4 is 5.57 Å². The zero-order chi connectivity index (χ0) is 12.4. The Balaban J connectivity index is 2.25. The fourth-order valence-electron chi connectivity index (χ4n) is 2.45. The van der Waals surface area contributed by atoms with Crippen molar-refractivity contribution in [2.75, 3.05) is 0 Å². The molecule has 0 unspecified atom stereocenters. The fraction of sp³-hybridized carbons (Fsp3) is 0.176. The van der Waals surface area contributed by atoms with Gasteiger partial charge >= 0.3 is 0 Å². The van der Waals surface area contributed by atoms with Gasteiger partial charge in [-0.3, -0.25) is 0 Å². The van der Waals surface area contributed by atoms with Crippen molar-refractivity contribution in [3.05, 3.63) is 71.3 Å². The highest BCUT2D eigenvalue weighted by molar-refractivity contribution is 5.84. The molecule has 1 aliphatic heterocycles. The predicted molar refractivity (Wildman–Crippen MR) is 74.6 cm³/mol. The summed E-state index contributed by atoms with van der Waals surface area (Å²) in [4.78, 5) is 0. The summed E-state index contributed by atoms with van der Waals surface area (Å²) in [6, 6.07) is 16.8. The molecule has 2 aromatic rings. The first kappa shape index (κ1) is 11.1. The minimum Gasteiger partial charge on any atom is -0.488 e. The molecule has 1 aliphatic rings. The molecule has 0 atom stereocenters. The average molecular weight is 236 g/mol. The Morgan fingerprint density at radius 3 is 2.56 bits per heavy atom. The third-order valence-corrected chi connectivity index (χ3v) is 3.28. The first-order chi connectivity index (χ1) is 8.90. The van der Waals surface area contributed by atoms with Gasteiger partial charge in [0.1, 0.15) is 12.4 Å². The molecule has 0 aromatic heterocycles. The number of benzene rings is 2. The van der Waals surface area contributed by atoms with Crippen molar-refractivity contribution < 1.29 is 4.74 Å². The van der Waals surface area contributed by atoms with Crippen LogP contribution in [0.5, 0.6) is 5.75 Å². The van der Waals surface area contributed by atoms with Gasteiger partial charge in [-0.2, -0.15) is 0 Å². The summed E-state index contributed by atoms with van der Waals surface area (Å²) < 4.78 is 5.91. The van der Waals surface area contributed by atoms with E-state index in [1.54, 1.807) is 0 Å². The van der Waals surface area contributed by atoms with Crippen LogP contribution in [0.3, 0.4) is 0 Å². The van der Waals surface area contributed by atoms with E-state index >= 15 is 0 Å². The van der Waals surface area contributed by atoms with E-state index in [2.05, 4.69) is 49.4 Å². The molecule has 1 nitrogen and oxygen atoms in total. The van der Waals surface area contributed by atoms with E-state index in [0.717, 1.165) is 12.2 Å². The Bertz CT molecular complexity index is 547. The molecule has 1 heteroatoms. The summed E-state index contributed by atoms with van der Waals surface area (Å²) >= 11 is 0. The van der Waals surface area contributed by atoms with Crippen molar-refractivity contribution in [3.63, 3.8) is 0 Å². The van der Waals surface area contributed by atoms with Crippen LogP contribution in [0.25, 0.3) is 5.57 Å². The van der Waals surface area contributed by atoms with Gasteiger partial charge < -0.3 is 4.74 Å². The molecule has 3 rings (SSSR count). The van der Waals surface area contributed by atoms with Gasteiger partial charge in [0.25, 0.3) is 0 Å². The second-order valence-electron chi connectivity index (χ2n) is 4.47. The highest BCUT2D eigenvalue weighted by Crippen LogP contribution is 2.36. The van der Waals surface area contributed by atoms with Crippen LogP contribution in [0.4, 0.5) is 0 Å². The van der Waals surface area contributed by atoms with Crippen LogP contribution < -0.4 is 4.74 Å². The van der Waals surface area contributed by atoms with Gasteiger partial charge in [-0.05, 0) is 29.2 Å². The van der Waals surface area contributed by atoms with E-state index in [1.165, 1.54) is 22.3 Å². The molecule has 0 bridgehead atoms. The van der Waals surface area contributed by atoms with Crippen molar-refractivity contribution in [2.24, 2.45) is 0 Å². The number of allylic oxidation sites excluding steroid dienone is 1. The molecule has 0 amide bonds. The molecule has 90 valence electrons. The van der Waals surface area contributed by atoms with E-state index in [4.69, 9.17) is 4.74 Å². The monoisotopic (exact) mass is 236 g/mol. The lowest BCUT2D eigenvalue weighted by molar-refractivity contribution is 0.307. The summed E-state index contributed by atoms with van der Waals surface area (Å²) in [5.41, 5.74) is 5.04. The van der Waals surface area contributed by atoms with E-state index in [-0.39, 0.29) is 0 Å². The average Bonchev–Trinajstić information content (AvgIpc) is 2.58. The molecule has 0 spiro atoms. The lowest BCUT2D eigenvalue weighted by atomic mass is 9.94. The Morgan fingerprint density at radius 1 is 1.00 bits per heavy atom. The lowest BCUT2D eigenvalue weighted by Gasteiger charge is -2.09. The molecule has 18 heavy (non-hydrogen) atoms. The van der Waals surface area contributed by atoms with E-state index in [1.807, 2.05) is 12.1 Å². The van der Waals surface area contributed by atoms with Gasteiger partial charge in [-0.15, -0.1) is 0 Å². The minimum absolute atomic E-state index is 0.647. The maximum Gasteiger partial charge on any atom is 0.127 e. The number of ether oxygens (including phenoxy) is 1. The van der Waals surface area contributed by atoms with Crippen molar-refractivity contribution in [3.8, 4) is 5.75 Å². The van der Waals surface area contributed by atoms with Crippen LogP contribution >= 0.6 is 0 Å². The SMILES string of the molecule is CC/C=C1/c2ccccc2COc2ccccc21. The fourth-order valence-corrected chi connectivity index (χ4v) is 2.45. The summed E-state index contributed by atoms with van der Waals surface area (Å²) in [7, 11) is 0. The molecule has 1 heterocycles. The molecule has 0 saturated heterocycles. The highest BCUT2D eigenvalue weighted by atomic mass is 16.5. The molecule has 0 N–H and O–H groups in total.